The molecule has 0 amide bonds. The lowest BCUT2D eigenvalue weighted by Gasteiger charge is -2.33. The second-order valence-electron chi connectivity index (χ2n) is 5.57. The fraction of sp³-hybridized carbons (Fsp3) is 0.875. The van der Waals surface area contributed by atoms with Crippen molar-refractivity contribution in [3.05, 3.63) is 0 Å². The first-order valence-electron chi connectivity index (χ1n) is 8.35. The molecule has 0 aliphatic carbocycles. The predicted molar refractivity (Wildman–Crippen MR) is 102 cm³/mol. The highest BCUT2D eigenvalue weighted by Gasteiger charge is 2.28. The largest absolute Gasteiger partial charge is 0.466 e. The molecule has 5 nitrogen and oxygen atoms in total. The zero-order valence-electron chi connectivity index (χ0n) is 14.3. The molecule has 0 radical (unpaired) electrons. The number of piperidine rings is 1. The van der Waals surface area contributed by atoms with Gasteiger partial charge in [-0.2, -0.15) is 0 Å². The first kappa shape index (κ1) is 21.5. The summed E-state index contributed by atoms with van der Waals surface area (Å²) in [7, 11) is 1.81. The topological polar surface area (TPSA) is 53.9 Å². The van der Waals surface area contributed by atoms with Crippen LogP contribution in [0.4, 0.5) is 0 Å². The molecule has 0 bridgehead atoms. The summed E-state index contributed by atoms with van der Waals surface area (Å²) in [5.74, 6) is 0.832. The fourth-order valence-corrected chi connectivity index (χ4v) is 2.71. The van der Waals surface area contributed by atoms with Gasteiger partial charge in [0.1, 0.15) is 0 Å². The minimum atomic E-state index is -0.0689. The molecule has 130 valence electrons. The standard InChI is InChI=1S/C16H31N3O2.HI/c1-4-6-7-8-11-18-16(17-3)19-12-9-10-14(13-19)15(20)21-5-2;/h14H,4-13H2,1-3H3,(H,17,18);1H. The number of unbranched alkanes of at least 4 members (excludes halogenated alkanes) is 3. The first-order valence-corrected chi connectivity index (χ1v) is 8.35. The van der Waals surface area contributed by atoms with E-state index in [0.29, 0.717) is 13.2 Å². The molecule has 1 aliphatic rings. The highest BCUT2D eigenvalue weighted by molar-refractivity contribution is 14.0. The molecule has 6 heteroatoms. The van der Waals surface area contributed by atoms with Crippen LogP contribution in [0.25, 0.3) is 0 Å². The van der Waals surface area contributed by atoms with Crippen molar-refractivity contribution in [2.75, 3.05) is 33.3 Å². The van der Waals surface area contributed by atoms with Crippen molar-refractivity contribution >= 4 is 35.9 Å². The molecular formula is C16H32IN3O2. The zero-order valence-corrected chi connectivity index (χ0v) is 16.6. The summed E-state index contributed by atoms with van der Waals surface area (Å²) >= 11 is 0. The van der Waals surface area contributed by atoms with Gasteiger partial charge in [0.25, 0.3) is 0 Å². The van der Waals surface area contributed by atoms with Crippen LogP contribution in [-0.2, 0) is 9.53 Å². The summed E-state index contributed by atoms with van der Waals surface area (Å²) in [4.78, 5) is 18.4. The van der Waals surface area contributed by atoms with Crippen LogP contribution in [0.15, 0.2) is 4.99 Å². The summed E-state index contributed by atoms with van der Waals surface area (Å²) in [6, 6.07) is 0. The van der Waals surface area contributed by atoms with Gasteiger partial charge in [0.2, 0.25) is 0 Å². The summed E-state index contributed by atoms with van der Waals surface area (Å²) in [6.45, 7) is 7.16. The third-order valence-electron chi connectivity index (χ3n) is 3.87. The van der Waals surface area contributed by atoms with Crippen molar-refractivity contribution in [2.45, 2.75) is 52.4 Å². The van der Waals surface area contributed by atoms with Gasteiger partial charge in [-0.3, -0.25) is 9.79 Å². The lowest BCUT2D eigenvalue weighted by atomic mass is 9.98. The molecule has 1 aliphatic heterocycles. The molecule has 1 unspecified atom stereocenters. The summed E-state index contributed by atoms with van der Waals surface area (Å²) in [6.07, 6.45) is 6.90. The van der Waals surface area contributed by atoms with Gasteiger partial charge in [0, 0.05) is 26.7 Å². The molecule has 1 fully saturated rings. The summed E-state index contributed by atoms with van der Waals surface area (Å²) in [5.41, 5.74) is 0. The molecular weight excluding hydrogens is 393 g/mol. The molecule has 0 aromatic heterocycles. The molecule has 0 aromatic rings. The number of guanidine groups is 1. The maximum Gasteiger partial charge on any atom is 0.310 e. The summed E-state index contributed by atoms with van der Waals surface area (Å²) in [5, 5.41) is 3.41. The van der Waals surface area contributed by atoms with Crippen LogP contribution >= 0.6 is 24.0 Å². The molecule has 1 saturated heterocycles. The number of carbonyl (C=O) groups is 1. The highest BCUT2D eigenvalue weighted by atomic mass is 127. The van der Waals surface area contributed by atoms with Gasteiger partial charge < -0.3 is 15.0 Å². The number of nitrogens with zero attached hydrogens (tertiary/aromatic N) is 2. The molecule has 1 atom stereocenters. The number of likely N-dealkylation sites (tertiary alicyclic amines) is 1. The van der Waals surface area contributed by atoms with Gasteiger partial charge in [-0.15, -0.1) is 24.0 Å². The maximum absolute atomic E-state index is 11.9. The van der Waals surface area contributed by atoms with Crippen LogP contribution in [0.1, 0.15) is 52.4 Å². The average molecular weight is 425 g/mol. The van der Waals surface area contributed by atoms with Crippen LogP contribution < -0.4 is 5.32 Å². The minimum Gasteiger partial charge on any atom is -0.466 e. The van der Waals surface area contributed by atoms with Crippen LogP contribution in [0.5, 0.6) is 0 Å². The smallest absolute Gasteiger partial charge is 0.310 e. The van der Waals surface area contributed by atoms with E-state index < -0.39 is 0 Å². The fourth-order valence-electron chi connectivity index (χ4n) is 2.71. The average Bonchev–Trinajstić information content (AvgIpc) is 2.51. The van der Waals surface area contributed by atoms with Crippen molar-refractivity contribution in [2.24, 2.45) is 10.9 Å². The number of rotatable bonds is 7. The molecule has 1 heterocycles. The first-order chi connectivity index (χ1) is 10.2. The van der Waals surface area contributed by atoms with Gasteiger partial charge >= 0.3 is 5.97 Å². The number of ether oxygens (including phenoxy) is 1. The van der Waals surface area contributed by atoms with E-state index in [1.54, 1.807) is 0 Å². The minimum absolute atomic E-state index is 0. The van der Waals surface area contributed by atoms with Crippen LogP contribution in [0.3, 0.4) is 0 Å². The lowest BCUT2D eigenvalue weighted by molar-refractivity contribution is -0.149. The van der Waals surface area contributed by atoms with Gasteiger partial charge in [-0.05, 0) is 26.2 Å². The van der Waals surface area contributed by atoms with Gasteiger partial charge in [0.15, 0.2) is 5.96 Å². The molecule has 0 saturated carbocycles. The molecule has 1 N–H and O–H groups in total. The van der Waals surface area contributed by atoms with Crippen LogP contribution in [0.2, 0.25) is 0 Å². The normalized spacial score (nSPS) is 18.6. The highest BCUT2D eigenvalue weighted by Crippen LogP contribution is 2.18. The predicted octanol–water partition coefficient (Wildman–Crippen LogP) is 3.04. The van der Waals surface area contributed by atoms with Crippen LogP contribution in [-0.4, -0.2) is 50.1 Å². The van der Waals surface area contributed by atoms with Gasteiger partial charge in [-0.1, -0.05) is 26.2 Å². The number of hydrogen-bond donors (Lipinski definition) is 1. The van der Waals surface area contributed by atoms with E-state index in [1.165, 1.54) is 25.7 Å². The van der Waals surface area contributed by atoms with Gasteiger partial charge in [-0.25, -0.2) is 0 Å². The Labute approximate surface area is 152 Å². The molecule has 0 spiro atoms. The number of carbonyl (C=O) groups excluding carboxylic acids is 1. The van der Waals surface area contributed by atoms with E-state index in [2.05, 4.69) is 22.1 Å². The van der Waals surface area contributed by atoms with Crippen molar-refractivity contribution in [1.29, 1.82) is 0 Å². The van der Waals surface area contributed by atoms with Crippen LogP contribution in [0, 0.1) is 5.92 Å². The Hall–Kier alpha value is -0.530. The SMILES string of the molecule is CCCCCCNC(=NC)N1CCCC(C(=O)OCC)C1.I. The maximum atomic E-state index is 11.9. The molecule has 1 rings (SSSR count). The van der Waals surface area contributed by atoms with E-state index in [4.69, 9.17) is 4.74 Å². The van der Waals surface area contributed by atoms with E-state index in [-0.39, 0.29) is 35.9 Å². The monoisotopic (exact) mass is 425 g/mol. The Kier molecular flexibility index (Phi) is 12.6. The van der Waals surface area contributed by atoms with E-state index in [1.807, 2.05) is 14.0 Å². The third kappa shape index (κ3) is 7.65. The third-order valence-corrected chi connectivity index (χ3v) is 3.87. The second kappa shape index (κ2) is 13.0. The van der Waals surface area contributed by atoms with Gasteiger partial charge in [0.05, 0.1) is 12.5 Å². The number of halogens is 1. The van der Waals surface area contributed by atoms with E-state index in [9.17, 15) is 4.79 Å². The Balaban J connectivity index is 0.00000441. The van der Waals surface area contributed by atoms with Crippen molar-refractivity contribution in [3.8, 4) is 0 Å². The summed E-state index contributed by atoms with van der Waals surface area (Å²) < 4.78 is 5.14. The number of nitrogens with one attached hydrogen (secondary N) is 1. The number of aliphatic imine (C=N–C) groups is 1. The quantitative estimate of drug-likeness (QED) is 0.224. The molecule has 22 heavy (non-hydrogen) atoms. The Morgan fingerprint density at radius 2 is 2.09 bits per heavy atom. The number of hydrogen-bond acceptors (Lipinski definition) is 3. The number of esters is 1. The lowest BCUT2D eigenvalue weighted by Crippen LogP contribution is -2.48. The molecule has 0 aromatic carbocycles. The van der Waals surface area contributed by atoms with E-state index >= 15 is 0 Å². The second-order valence-corrected chi connectivity index (χ2v) is 5.57. The van der Waals surface area contributed by atoms with E-state index in [0.717, 1.165) is 31.9 Å². The Bertz CT molecular complexity index is 337. The van der Waals surface area contributed by atoms with Crippen molar-refractivity contribution < 1.29 is 9.53 Å². The van der Waals surface area contributed by atoms with Crippen molar-refractivity contribution in [1.82, 2.24) is 10.2 Å². The Morgan fingerprint density at radius 1 is 1.32 bits per heavy atom. The van der Waals surface area contributed by atoms with Crippen molar-refractivity contribution in [3.63, 3.8) is 0 Å². The zero-order chi connectivity index (χ0) is 15.5. The Morgan fingerprint density at radius 3 is 2.73 bits per heavy atom.